The van der Waals surface area contributed by atoms with Crippen LogP contribution in [0.2, 0.25) is 0 Å². The van der Waals surface area contributed by atoms with Crippen molar-refractivity contribution >= 4 is 22.8 Å². The maximum atomic E-state index is 13.6. The maximum Gasteiger partial charge on any atom is 0.272 e. The number of amides is 1. The Hall–Kier alpha value is -3.22. The van der Waals surface area contributed by atoms with Crippen molar-refractivity contribution in [3.05, 3.63) is 70.3 Å². The molecule has 0 aliphatic rings. The Kier molecular flexibility index (Phi) is 4.24. The van der Waals surface area contributed by atoms with E-state index in [4.69, 9.17) is 0 Å². The lowest BCUT2D eigenvalue weighted by Gasteiger charge is -2.14. The van der Waals surface area contributed by atoms with Crippen molar-refractivity contribution in [3.63, 3.8) is 0 Å². The molecule has 3 aromatic rings. The molecule has 1 heterocycles. The molecule has 0 fully saturated rings. The first-order valence-electron chi connectivity index (χ1n) is 7.42. The van der Waals surface area contributed by atoms with Gasteiger partial charge in [0.15, 0.2) is 0 Å². The fourth-order valence-corrected chi connectivity index (χ4v) is 2.38. The molecule has 0 saturated carbocycles. The van der Waals surface area contributed by atoms with Crippen LogP contribution in [0.25, 0.3) is 10.9 Å². The first-order chi connectivity index (χ1) is 11.6. The molecular weight excluding hydrogens is 311 g/mol. The summed E-state index contributed by atoms with van der Waals surface area (Å²) in [5.74, 6) is -1.10. The second kappa shape index (κ2) is 6.49. The Balaban J connectivity index is 1.91. The number of nitrogens with zero attached hydrogens (tertiary/aromatic N) is 2. The minimum absolute atomic E-state index is 0.101. The average Bonchev–Trinajstić information content (AvgIpc) is 2.60. The van der Waals surface area contributed by atoms with Gasteiger partial charge in [0.05, 0.1) is 16.5 Å². The Morgan fingerprint density at radius 2 is 1.88 bits per heavy atom. The molecule has 1 amide bonds. The van der Waals surface area contributed by atoms with Crippen molar-refractivity contribution < 1.29 is 9.18 Å². The topological polar surface area (TPSA) is 76.0 Å². The molecule has 0 radical (unpaired) electrons. The Labute approximate surface area is 136 Å². The van der Waals surface area contributed by atoms with Crippen LogP contribution < -0.4 is 16.4 Å². The van der Waals surface area contributed by atoms with Crippen LogP contribution >= 0.6 is 0 Å². The summed E-state index contributed by atoms with van der Waals surface area (Å²) < 4.78 is 15.0. The van der Waals surface area contributed by atoms with Gasteiger partial charge in [-0.05, 0) is 31.2 Å². The van der Waals surface area contributed by atoms with Crippen LogP contribution in [0.1, 0.15) is 17.3 Å². The second-order valence-corrected chi connectivity index (χ2v) is 5.06. The highest BCUT2D eigenvalue weighted by Crippen LogP contribution is 2.11. The highest BCUT2D eigenvalue weighted by molar-refractivity contribution is 5.95. The summed E-state index contributed by atoms with van der Waals surface area (Å²) in [6.07, 6.45) is 0. The predicted octanol–water partition coefficient (Wildman–Crippen LogP) is 2.31. The number of aromatic nitrogens is 2. The minimum Gasteiger partial charge on any atom is -0.277 e. The summed E-state index contributed by atoms with van der Waals surface area (Å²) >= 11 is 0. The first-order valence-corrected chi connectivity index (χ1v) is 7.42. The molecule has 0 aliphatic carbocycles. The molecule has 0 unspecified atom stereocenters. The fraction of sp³-hybridized carbons (Fsp3) is 0.118. The molecule has 24 heavy (non-hydrogen) atoms. The Morgan fingerprint density at radius 3 is 2.62 bits per heavy atom. The number of benzene rings is 2. The summed E-state index contributed by atoms with van der Waals surface area (Å²) in [6.45, 7) is 2.16. The van der Waals surface area contributed by atoms with E-state index in [1.807, 2.05) is 0 Å². The normalized spacial score (nSPS) is 10.6. The van der Waals surface area contributed by atoms with E-state index in [1.54, 1.807) is 37.3 Å². The van der Waals surface area contributed by atoms with E-state index >= 15 is 0 Å². The SMILES string of the molecule is CCn1c(NNC(=O)c2ccccc2F)nc2ccccc2c1=O. The van der Waals surface area contributed by atoms with Crippen LogP contribution in [0.4, 0.5) is 10.3 Å². The molecule has 0 bridgehead atoms. The summed E-state index contributed by atoms with van der Waals surface area (Å²) in [5.41, 5.74) is 5.17. The molecule has 3 rings (SSSR count). The zero-order chi connectivity index (χ0) is 17.1. The minimum atomic E-state index is -0.654. The number of para-hydroxylation sites is 1. The number of fused-ring (bicyclic) bond motifs is 1. The lowest BCUT2D eigenvalue weighted by atomic mass is 10.2. The fourth-order valence-electron chi connectivity index (χ4n) is 2.38. The number of carbonyl (C=O) groups is 1. The predicted molar refractivity (Wildman–Crippen MR) is 89.2 cm³/mol. The van der Waals surface area contributed by atoms with Crippen molar-refractivity contribution in [2.75, 3.05) is 5.43 Å². The Morgan fingerprint density at radius 1 is 1.17 bits per heavy atom. The lowest BCUT2D eigenvalue weighted by molar-refractivity contribution is 0.0958. The number of hydrogen-bond donors (Lipinski definition) is 2. The number of carbonyl (C=O) groups excluding carboxylic acids is 1. The number of halogens is 1. The van der Waals surface area contributed by atoms with Gasteiger partial charge in [0, 0.05) is 6.54 Å². The Bertz CT molecular complexity index is 968. The monoisotopic (exact) mass is 326 g/mol. The molecule has 7 heteroatoms. The van der Waals surface area contributed by atoms with E-state index in [0.717, 1.165) is 0 Å². The van der Waals surface area contributed by atoms with Crippen molar-refractivity contribution in [1.82, 2.24) is 15.0 Å². The van der Waals surface area contributed by atoms with Gasteiger partial charge < -0.3 is 0 Å². The van der Waals surface area contributed by atoms with Gasteiger partial charge in [-0.25, -0.2) is 9.37 Å². The molecule has 122 valence electrons. The van der Waals surface area contributed by atoms with Crippen molar-refractivity contribution in [2.24, 2.45) is 0 Å². The summed E-state index contributed by atoms with van der Waals surface area (Å²) in [6, 6.07) is 12.6. The molecule has 0 spiro atoms. The standard InChI is InChI=1S/C17H15FN4O2/c1-2-22-16(24)12-8-4-6-10-14(12)19-17(22)21-20-15(23)11-7-3-5-9-13(11)18/h3-10H,2H2,1H3,(H,19,21)(H,20,23). The number of hydrogen-bond acceptors (Lipinski definition) is 4. The smallest absolute Gasteiger partial charge is 0.272 e. The molecule has 2 aromatic carbocycles. The van der Waals surface area contributed by atoms with Crippen LogP contribution in [0.3, 0.4) is 0 Å². The van der Waals surface area contributed by atoms with Crippen LogP contribution in [0, 0.1) is 5.82 Å². The van der Waals surface area contributed by atoms with Gasteiger partial charge in [-0.15, -0.1) is 0 Å². The molecular formula is C17H15FN4O2. The van der Waals surface area contributed by atoms with Crippen molar-refractivity contribution in [1.29, 1.82) is 0 Å². The highest BCUT2D eigenvalue weighted by Gasteiger charge is 2.13. The van der Waals surface area contributed by atoms with Gasteiger partial charge in [-0.3, -0.25) is 25.0 Å². The molecule has 0 atom stereocenters. The third-order valence-electron chi connectivity index (χ3n) is 3.58. The van der Waals surface area contributed by atoms with E-state index < -0.39 is 11.7 Å². The van der Waals surface area contributed by atoms with E-state index in [1.165, 1.54) is 22.8 Å². The van der Waals surface area contributed by atoms with Crippen LogP contribution in [0.5, 0.6) is 0 Å². The summed E-state index contributed by atoms with van der Waals surface area (Å²) in [5, 5.41) is 0.491. The highest BCUT2D eigenvalue weighted by atomic mass is 19.1. The molecule has 2 N–H and O–H groups in total. The third-order valence-corrected chi connectivity index (χ3v) is 3.58. The maximum absolute atomic E-state index is 13.6. The zero-order valence-corrected chi connectivity index (χ0v) is 12.9. The van der Waals surface area contributed by atoms with Gasteiger partial charge in [-0.1, -0.05) is 24.3 Å². The van der Waals surface area contributed by atoms with E-state index in [-0.39, 0.29) is 17.1 Å². The van der Waals surface area contributed by atoms with Gasteiger partial charge in [0.25, 0.3) is 11.5 Å². The summed E-state index contributed by atoms with van der Waals surface area (Å²) in [4.78, 5) is 28.9. The number of hydrazine groups is 1. The summed E-state index contributed by atoms with van der Waals surface area (Å²) in [7, 11) is 0. The van der Waals surface area contributed by atoms with Crippen LogP contribution in [-0.2, 0) is 6.54 Å². The quantitative estimate of drug-likeness (QED) is 0.722. The number of rotatable bonds is 4. The van der Waals surface area contributed by atoms with Crippen molar-refractivity contribution in [3.8, 4) is 0 Å². The van der Waals surface area contributed by atoms with Gasteiger partial charge in [0.2, 0.25) is 5.95 Å². The molecule has 6 nitrogen and oxygen atoms in total. The van der Waals surface area contributed by atoms with Gasteiger partial charge >= 0.3 is 0 Å². The lowest BCUT2D eigenvalue weighted by Crippen LogP contribution is -2.34. The third kappa shape index (κ3) is 2.83. The van der Waals surface area contributed by atoms with E-state index in [2.05, 4.69) is 15.8 Å². The molecule has 0 aliphatic heterocycles. The van der Waals surface area contributed by atoms with E-state index in [9.17, 15) is 14.0 Å². The van der Waals surface area contributed by atoms with Crippen LogP contribution in [0.15, 0.2) is 53.3 Å². The molecule has 0 saturated heterocycles. The van der Waals surface area contributed by atoms with Crippen LogP contribution in [-0.4, -0.2) is 15.5 Å². The molecule has 1 aromatic heterocycles. The zero-order valence-electron chi connectivity index (χ0n) is 12.9. The second-order valence-electron chi connectivity index (χ2n) is 5.06. The van der Waals surface area contributed by atoms with Gasteiger partial charge in [0.1, 0.15) is 5.82 Å². The van der Waals surface area contributed by atoms with E-state index in [0.29, 0.717) is 17.4 Å². The average molecular weight is 326 g/mol. The number of anilines is 1. The number of nitrogens with one attached hydrogen (secondary N) is 2. The van der Waals surface area contributed by atoms with Gasteiger partial charge in [-0.2, -0.15) is 0 Å². The first kappa shape index (κ1) is 15.7. The van der Waals surface area contributed by atoms with Crippen molar-refractivity contribution in [2.45, 2.75) is 13.5 Å². The largest absolute Gasteiger partial charge is 0.277 e.